The zero-order chi connectivity index (χ0) is 31.0. The number of aliphatic hydroxyl groups is 3. The molecule has 10 nitrogen and oxygen atoms in total. The summed E-state index contributed by atoms with van der Waals surface area (Å²) in [6, 6.07) is 8.51. The summed E-state index contributed by atoms with van der Waals surface area (Å²) >= 11 is 0. The van der Waals surface area contributed by atoms with Gasteiger partial charge in [-0.2, -0.15) is 0 Å². The number of rotatable bonds is 5. The van der Waals surface area contributed by atoms with Crippen molar-refractivity contribution in [3.63, 3.8) is 0 Å². The summed E-state index contributed by atoms with van der Waals surface area (Å²) in [5.74, 6) is -4.63. The summed E-state index contributed by atoms with van der Waals surface area (Å²) < 4.78 is 17.5. The van der Waals surface area contributed by atoms with Gasteiger partial charge in [0.05, 0.1) is 29.8 Å². The molecule has 42 heavy (non-hydrogen) atoms. The monoisotopic (exact) mass is 584 g/mol. The largest absolute Gasteiger partial charge is 0.454 e. The van der Waals surface area contributed by atoms with Gasteiger partial charge < -0.3 is 29.5 Å². The Balaban J connectivity index is 1.84. The second-order valence-electron chi connectivity index (χ2n) is 13.2. The second-order valence-corrected chi connectivity index (χ2v) is 13.2. The van der Waals surface area contributed by atoms with E-state index in [2.05, 4.69) is 0 Å². The van der Waals surface area contributed by atoms with Gasteiger partial charge in [0.25, 0.3) is 0 Å². The van der Waals surface area contributed by atoms with Crippen molar-refractivity contribution in [2.75, 3.05) is 6.61 Å². The van der Waals surface area contributed by atoms with Crippen LogP contribution in [-0.4, -0.2) is 81.0 Å². The third-order valence-electron chi connectivity index (χ3n) is 10.7. The molecule has 3 N–H and O–H groups in total. The number of Topliss-reactive ketones (excluding diaryl/α,β-unsaturated/α-hetero) is 2. The van der Waals surface area contributed by atoms with Crippen LogP contribution in [0.15, 0.2) is 41.5 Å². The normalized spacial score (nSPS) is 40.5. The Morgan fingerprint density at radius 2 is 1.69 bits per heavy atom. The average Bonchev–Trinajstić information content (AvgIpc) is 2.90. The smallest absolute Gasteiger partial charge is 0.303 e. The summed E-state index contributed by atoms with van der Waals surface area (Å²) in [7, 11) is 0. The summed E-state index contributed by atoms with van der Waals surface area (Å²) in [6.07, 6.45) is -5.47. The molecule has 228 valence electrons. The number of carbonyl (C=O) groups is 4. The summed E-state index contributed by atoms with van der Waals surface area (Å²) in [4.78, 5) is 53.8. The van der Waals surface area contributed by atoms with E-state index in [0.717, 1.165) is 6.92 Å². The van der Waals surface area contributed by atoms with Gasteiger partial charge >= 0.3 is 11.9 Å². The molecule has 1 saturated heterocycles. The van der Waals surface area contributed by atoms with Gasteiger partial charge in [-0.3, -0.25) is 19.2 Å². The number of aliphatic hydroxyl groups excluding tert-OH is 2. The van der Waals surface area contributed by atoms with Crippen LogP contribution in [0.1, 0.15) is 71.2 Å². The number of hydrogen-bond donors (Lipinski definition) is 3. The molecule has 4 aliphatic rings. The summed E-state index contributed by atoms with van der Waals surface area (Å²) in [5, 5.41) is 36.0. The molecule has 0 spiro atoms. The number of ether oxygens (including phenoxy) is 3. The zero-order valence-corrected chi connectivity index (χ0v) is 24.9. The lowest BCUT2D eigenvalue weighted by atomic mass is 9.42. The minimum atomic E-state index is -1.89. The van der Waals surface area contributed by atoms with E-state index in [1.165, 1.54) is 13.8 Å². The number of ketones is 2. The predicted octanol–water partition coefficient (Wildman–Crippen LogP) is 2.32. The van der Waals surface area contributed by atoms with Crippen LogP contribution in [0.25, 0.3) is 0 Å². The van der Waals surface area contributed by atoms with E-state index in [4.69, 9.17) is 14.2 Å². The molecule has 1 unspecified atom stereocenters. The Kier molecular flexibility index (Phi) is 7.33. The van der Waals surface area contributed by atoms with Crippen LogP contribution in [0.4, 0.5) is 0 Å². The molecule has 0 amide bonds. The molecule has 0 radical (unpaired) electrons. The first kappa shape index (κ1) is 30.5. The van der Waals surface area contributed by atoms with Crippen molar-refractivity contribution in [2.24, 2.45) is 22.7 Å². The topological polar surface area (TPSA) is 157 Å². The highest BCUT2D eigenvalue weighted by Crippen LogP contribution is 2.66. The molecule has 1 aromatic carbocycles. The highest BCUT2D eigenvalue weighted by molar-refractivity contribution is 5.97. The lowest BCUT2D eigenvalue weighted by Crippen LogP contribution is -2.80. The third-order valence-corrected chi connectivity index (χ3v) is 10.7. The molecule has 2 saturated carbocycles. The van der Waals surface area contributed by atoms with Crippen LogP contribution in [0.2, 0.25) is 0 Å². The van der Waals surface area contributed by atoms with E-state index in [9.17, 15) is 34.5 Å². The van der Waals surface area contributed by atoms with E-state index in [0.29, 0.717) is 11.1 Å². The number of benzene rings is 1. The van der Waals surface area contributed by atoms with E-state index >= 15 is 0 Å². The molecule has 10 heteroatoms. The minimum Gasteiger partial charge on any atom is -0.454 e. The molecular weight excluding hydrogens is 544 g/mol. The minimum absolute atomic E-state index is 0.0549. The first-order chi connectivity index (χ1) is 19.5. The maximum absolute atomic E-state index is 14.8. The fourth-order valence-corrected chi connectivity index (χ4v) is 8.54. The van der Waals surface area contributed by atoms with Crippen LogP contribution in [0.3, 0.4) is 0 Å². The van der Waals surface area contributed by atoms with Crippen molar-refractivity contribution < 1.29 is 48.7 Å². The molecule has 1 aliphatic heterocycles. The van der Waals surface area contributed by atoms with Crippen molar-refractivity contribution in [3.8, 4) is 0 Å². The van der Waals surface area contributed by atoms with Gasteiger partial charge in [0.15, 0.2) is 23.3 Å². The number of esters is 2. The van der Waals surface area contributed by atoms with Crippen molar-refractivity contribution in [1.82, 2.24) is 0 Å². The first-order valence-electron chi connectivity index (χ1n) is 14.4. The van der Waals surface area contributed by atoms with Crippen LogP contribution in [-0.2, 0) is 28.6 Å². The predicted molar refractivity (Wildman–Crippen MR) is 148 cm³/mol. The van der Waals surface area contributed by atoms with Gasteiger partial charge in [0, 0.05) is 55.9 Å². The first-order valence-corrected chi connectivity index (χ1v) is 14.4. The quantitative estimate of drug-likeness (QED) is 0.267. The van der Waals surface area contributed by atoms with E-state index in [1.807, 2.05) is 0 Å². The molecule has 1 aromatic rings. The zero-order valence-electron chi connectivity index (χ0n) is 24.9. The Morgan fingerprint density at radius 3 is 2.24 bits per heavy atom. The van der Waals surface area contributed by atoms with E-state index < -0.39 is 76.0 Å². The van der Waals surface area contributed by atoms with Crippen molar-refractivity contribution in [3.05, 3.63) is 47.0 Å². The Morgan fingerprint density at radius 1 is 1.05 bits per heavy atom. The number of carbonyl (C=O) groups excluding carboxylic acids is 4. The average molecular weight is 585 g/mol. The van der Waals surface area contributed by atoms with Gasteiger partial charge in [0.2, 0.25) is 0 Å². The van der Waals surface area contributed by atoms with Crippen molar-refractivity contribution >= 4 is 23.5 Å². The van der Waals surface area contributed by atoms with Gasteiger partial charge in [0.1, 0.15) is 6.10 Å². The highest BCUT2D eigenvalue weighted by Gasteiger charge is 2.77. The number of fused-ring (bicyclic) bond motifs is 5. The molecule has 5 rings (SSSR count). The molecule has 3 fully saturated rings. The SMILES string of the molecule is CC(=O)O[C@H]1C(=O)[C@@]2(C)C([C@H](CC(=O)c3ccccc3)[C@]3(O)C[C@H](O)C(C)=C1C3(C)C)[C@]1(OC(C)=O)CO[C@@H]1C[C@@H]2O. The van der Waals surface area contributed by atoms with Gasteiger partial charge in [-0.15, -0.1) is 0 Å². The second kappa shape index (κ2) is 10.1. The molecular formula is C32H40O10. The Labute approximate surface area is 245 Å². The summed E-state index contributed by atoms with van der Waals surface area (Å²) in [5.41, 5.74) is -5.42. The standard InChI is InChI=1S/C32H40O10/c1-16-22(36)14-32(39)20(12-21(35)19-10-8-7-9-11-19)27-30(6,23(37)13-24-31(27,15-40-24)42-18(3)34)28(38)26(41-17(2)33)25(16)29(32,4)5/h7-11,20,22-24,26-27,36-37,39H,12-15H2,1-6H3/t20-,22-,23-,24+,26+,27?,30+,31-,32+/m0/s1. The lowest BCUT2D eigenvalue weighted by Gasteiger charge is -2.68. The molecule has 1 heterocycles. The van der Waals surface area contributed by atoms with Crippen LogP contribution in [0, 0.1) is 22.7 Å². The Hall–Kier alpha value is -2.92. The van der Waals surface area contributed by atoms with Gasteiger partial charge in [-0.05, 0) is 25.0 Å². The highest BCUT2D eigenvalue weighted by atomic mass is 16.6. The van der Waals surface area contributed by atoms with E-state index in [-0.39, 0.29) is 37.2 Å². The molecule has 0 aromatic heterocycles. The number of hydrogen-bond acceptors (Lipinski definition) is 10. The summed E-state index contributed by atoms with van der Waals surface area (Å²) in [6.45, 7) is 8.85. The van der Waals surface area contributed by atoms with Crippen molar-refractivity contribution in [1.29, 1.82) is 0 Å². The van der Waals surface area contributed by atoms with Crippen LogP contribution >= 0.6 is 0 Å². The van der Waals surface area contributed by atoms with E-state index in [1.54, 1.807) is 51.1 Å². The fourth-order valence-electron chi connectivity index (χ4n) is 8.54. The maximum Gasteiger partial charge on any atom is 0.303 e. The molecule has 9 atom stereocenters. The lowest BCUT2D eigenvalue weighted by molar-refractivity contribution is -0.339. The molecule has 2 bridgehead atoms. The maximum atomic E-state index is 14.8. The Bertz CT molecular complexity index is 1350. The van der Waals surface area contributed by atoms with Crippen molar-refractivity contribution in [2.45, 2.75) is 96.4 Å². The third kappa shape index (κ3) is 4.13. The van der Waals surface area contributed by atoms with Crippen LogP contribution in [0.5, 0.6) is 0 Å². The van der Waals surface area contributed by atoms with Gasteiger partial charge in [-0.25, -0.2) is 0 Å². The van der Waals surface area contributed by atoms with Gasteiger partial charge in [-0.1, -0.05) is 44.2 Å². The molecule has 3 aliphatic carbocycles. The van der Waals surface area contributed by atoms with Crippen LogP contribution < -0.4 is 0 Å². The fraction of sp³-hybridized carbons (Fsp3) is 0.625.